The van der Waals surface area contributed by atoms with Crippen molar-refractivity contribution < 1.29 is 17.6 Å². The number of nitrogens with two attached hydrogens (primary N) is 1. The highest BCUT2D eigenvalue weighted by molar-refractivity contribution is 5.80. The van der Waals surface area contributed by atoms with Crippen molar-refractivity contribution in [2.75, 3.05) is 0 Å². The van der Waals surface area contributed by atoms with Crippen molar-refractivity contribution in [3.05, 3.63) is 39.2 Å². The predicted molar refractivity (Wildman–Crippen MR) is 64.7 cm³/mol. The molecule has 0 bridgehead atoms. The van der Waals surface area contributed by atoms with Gasteiger partial charge in [-0.05, 0) is 25.5 Å². The van der Waals surface area contributed by atoms with Crippen molar-refractivity contribution in [1.82, 2.24) is 9.97 Å². The first-order chi connectivity index (χ1) is 9.12. The molecule has 1 heterocycles. The van der Waals surface area contributed by atoms with Crippen LogP contribution in [0.3, 0.4) is 0 Å². The Bertz CT molecular complexity index is 734. The summed E-state index contributed by atoms with van der Waals surface area (Å²) in [5.74, 6) is -1.54. The Kier molecular flexibility index (Phi) is 3.29. The van der Waals surface area contributed by atoms with Crippen LogP contribution in [0.25, 0.3) is 10.9 Å². The first kappa shape index (κ1) is 14.4. The standard InChI is InChI=1S/C12H11F4N3O/c1-4(17)6-3-7-10(18-5(2)19-11(7)20)9(13)8(6)12(14,15)16/h3-4H,17H2,1-2H3,(H,18,19,20). The number of hydrogen-bond donors (Lipinski definition) is 2. The fourth-order valence-corrected chi connectivity index (χ4v) is 2.02. The molecule has 0 aliphatic heterocycles. The Balaban J connectivity index is 3.02. The Morgan fingerprint density at radius 2 is 2.00 bits per heavy atom. The molecule has 0 radical (unpaired) electrons. The minimum Gasteiger partial charge on any atom is -0.324 e. The number of nitrogens with zero attached hydrogens (tertiary/aromatic N) is 1. The first-order valence-corrected chi connectivity index (χ1v) is 5.68. The maximum absolute atomic E-state index is 14.2. The van der Waals surface area contributed by atoms with Gasteiger partial charge in [0.05, 0.1) is 10.9 Å². The molecule has 108 valence electrons. The molecule has 0 fully saturated rings. The van der Waals surface area contributed by atoms with Crippen molar-refractivity contribution in [3.8, 4) is 0 Å². The smallest absolute Gasteiger partial charge is 0.324 e. The zero-order chi connectivity index (χ0) is 15.2. The lowest BCUT2D eigenvalue weighted by Crippen LogP contribution is -2.20. The van der Waals surface area contributed by atoms with Crippen LogP contribution in [0.2, 0.25) is 0 Å². The zero-order valence-corrected chi connectivity index (χ0v) is 10.6. The highest BCUT2D eigenvalue weighted by Gasteiger charge is 2.39. The Labute approximate surface area is 110 Å². The van der Waals surface area contributed by atoms with Gasteiger partial charge in [0.2, 0.25) is 0 Å². The second-order valence-corrected chi connectivity index (χ2v) is 4.49. The quantitative estimate of drug-likeness (QED) is 0.792. The zero-order valence-electron chi connectivity index (χ0n) is 10.6. The highest BCUT2D eigenvalue weighted by atomic mass is 19.4. The third-order valence-corrected chi connectivity index (χ3v) is 2.86. The molecule has 0 saturated heterocycles. The summed E-state index contributed by atoms with van der Waals surface area (Å²) < 4.78 is 53.1. The number of H-pyrrole nitrogens is 1. The Morgan fingerprint density at radius 1 is 1.40 bits per heavy atom. The Hall–Kier alpha value is -1.96. The molecule has 2 rings (SSSR count). The van der Waals surface area contributed by atoms with Crippen LogP contribution in [0.15, 0.2) is 10.9 Å². The molecule has 1 aromatic carbocycles. The summed E-state index contributed by atoms with van der Waals surface area (Å²) >= 11 is 0. The van der Waals surface area contributed by atoms with Crippen molar-refractivity contribution in [2.45, 2.75) is 26.1 Å². The minimum atomic E-state index is -4.92. The van der Waals surface area contributed by atoms with E-state index < -0.39 is 40.2 Å². The maximum Gasteiger partial charge on any atom is 0.419 e. The molecule has 4 nitrogen and oxygen atoms in total. The summed E-state index contributed by atoms with van der Waals surface area (Å²) in [5, 5.41) is -0.256. The van der Waals surface area contributed by atoms with Gasteiger partial charge in [-0.2, -0.15) is 13.2 Å². The van der Waals surface area contributed by atoms with E-state index in [-0.39, 0.29) is 11.2 Å². The van der Waals surface area contributed by atoms with Crippen LogP contribution in [-0.2, 0) is 6.18 Å². The van der Waals surface area contributed by atoms with E-state index in [0.717, 1.165) is 6.07 Å². The van der Waals surface area contributed by atoms with E-state index in [1.807, 2.05) is 0 Å². The second kappa shape index (κ2) is 4.55. The van der Waals surface area contributed by atoms with Gasteiger partial charge in [0.1, 0.15) is 11.3 Å². The van der Waals surface area contributed by atoms with Crippen molar-refractivity contribution in [2.24, 2.45) is 5.73 Å². The van der Waals surface area contributed by atoms with Gasteiger partial charge in [-0.15, -0.1) is 0 Å². The largest absolute Gasteiger partial charge is 0.419 e. The fourth-order valence-electron chi connectivity index (χ4n) is 2.02. The summed E-state index contributed by atoms with van der Waals surface area (Å²) in [6.45, 7) is 2.64. The van der Waals surface area contributed by atoms with E-state index in [1.54, 1.807) is 0 Å². The van der Waals surface area contributed by atoms with Crippen LogP contribution in [0.1, 0.15) is 29.9 Å². The molecule has 0 spiro atoms. The SMILES string of the molecule is Cc1nc2c(F)c(C(F)(F)F)c(C(C)N)cc2c(=O)[nH]1. The van der Waals surface area contributed by atoms with Crippen LogP contribution in [0.5, 0.6) is 0 Å². The Morgan fingerprint density at radius 3 is 2.50 bits per heavy atom. The highest BCUT2D eigenvalue weighted by Crippen LogP contribution is 2.38. The van der Waals surface area contributed by atoms with Crippen LogP contribution >= 0.6 is 0 Å². The molecular formula is C12H11F4N3O. The number of benzene rings is 1. The van der Waals surface area contributed by atoms with Crippen LogP contribution < -0.4 is 11.3 Å². The van der Waals surface area contributed by atoms with Crippen LogP contribution in [0, 0.1) is 12.7 Å². The molecule has 0 saturated carbocycles. The van der Waals surface area contributed by atoms with Crippen LogP contribution in [0.4, 0.5) is 17.6 Å². The van der Waals surface area contributed by atoms with Gasteiger partial charge in [0.25, 0.3) is 5.56 Å². The van der Waals surface area contributed by atoms with Gasteiger partial charge in [-0.25, -0.2) is 9.37 Å². The number of nitrogens with one attached hydrogen (secondary N) is 1. The van der Waals surface area contributed by atoms with Gasteiger partial charge in [-0.3, -0.25) is 4.79 Å². The van der Waals surface area contributed by atoms with Crippen LogP contribution in [-0.4, -0.2) is 9.97 Å². The number of halogens is 4. The summed E-state index contributed by atoms with van der Waals surface area (Å²) in [6.07, 6.45) is -4.92. The number of fused-ring (bicyclic) bond motifs is 1. The number of aromatic nitrogens is 2. The number of alkyl halides is 3. The lowest BCUT2D eigenvalue weighted by atomic mass is 9.98. The van der Waals surface area contributed by atoms with E-state index in [4.69, 9.17) is 5.73 Å². The van der Waals surface area contributed by atoms with Crippen molar-refractivity contribution in [1.29, 1.82) is 0 Å². The topological polar surface area (TPSA) is 71.8 Å². The fraction of sp³-hybridized carbons (Fsp3) is 0.333. The molecule has 20 heavy (non-hydrogen) atoms. The van der Waals surface area contributed by atoms with Crippen molar-refractivity contribution >= 4 is 10.9 Å². The number of hydrogen-bond acceptors (Lipinski definition) is 3. The van der Waals surface area contributed by atoms with Gasteiger partial charge in [0.15, 0.2) is 5.82 Å². The number of aryl methyl sites for hydroxylation is 1. The third kappa shape index (κ3) is 2.26. The number of aromatic amines is 1. The van der Waals surface area contributed by atoms with E-state index >= 15 is 0 Å². The molecule has 2 aromatic rings. The lowest BCUT2D eigenvalue weighted by molar-refractivity contribution is -0.140. The van der Waals surface area contributed by atoms with Crippen molar-refractivity contribution in [3.63, 3.8) is 0 Å². The molecular weight excluding hydrogens is 278 g/mol. The molecule has 0 aliphatic rings. The minimum absolute atomic E-state index is 0.0306. The summed E-state index contributed by atoms with van der Waals surface area (Å²) in [6, 6.07) is -0.136. The van der Waals surface area contributed by atoms with Gasteiger partial charge < -0.3 is 10.7 Å². The van der Waals surface area contributed by atoms with E-state index in [0.29, 0.717) is 0 Å². The summed E-state index contributed by atoms with van der Waals surface area (Å²) in [4.78, 5) is 17.7. The summed E-state index contributed by atoms with van der Waals surface area (Å²) in [5.41, 5.74) is 2.19. The monoisotopic (exact) mass is 289 g/mol. The lowest BCUT2D eigenvalue weighted by Gasteiger charge is -2.17. The van der Waals surface area contributed by atoms with E-state index in [1.165, 1.54) is 13.8 Å². The first-order valence-electron chi connectivity index (χ1n) is 5.68. The van der Waals surface area contributed by atoms with E-state index in [2.05, 4.69) is 9.97 Å². The molecule has 1 unspecified atom stereocenters. The average molecular weight is 289 g/mol. The normalized spacial score (nSPS) is 13.8. The number of rotatable bonds is 1. The van der Waals surface area contributed by atoms with Gasteiger partial charge in [-0.1, -0.05) is 0 Å². The van der Waals surface area contributed by atoms with Gasteiger partial charge in [0, 0.05) is 6.04 Å². The summed E-state index contributed by atoms with van der Waals surface area (Å²) in [7, 11) is 0. The van der Waals surface area contributed by atoms with E-state index in [9.17, 15) is 22.4 Å². The predicted octanol–water partition coefficient (Wildman–Crippen LogP) is 2.41. The molecule has 1 aromatic heterocycles. The average Bonchev–Trinajstić information content (AvgIpc) is 2.27. The molecule has 3 N–H and O–H groups in total. The molecule has 0 amide bonds. The molecule has 1 atom stereocenters. The molecule has 0 aliphatic carbocycles. The second-order valence-electron chi connectivity index (χ2n) is 4.49. The molecule has 8 heteroatoms. The maximum atomic E-state index is 14.2. The van der Waals surface area contributed by atoms with Gasteiger partial charge >= 0.3 is 6.18 Å². The third-order valence-electron chi connectivity index (χ3n) is 2.86.